The van der Waals surface area contributed by atoms with E-state index in [2.05, 4.69) is 26.5 Å². The summed E-state index contributed by atoms with van der Waals surface area (Å²) < 4.78 is 29.6. The zero-order valence-electron chi connectivity index (χ0n) is 18.6. The number of aromatic nitrogens is 5. The number of fused-ring (bicyclic) bond motifs is 1. The van der Waals surface area contributed by atoms with Crippen LogP contribution >= 0.6 is 0 Å². The molecule has 1 saturated heterocycles. The van der Waals surface area contributed by atoms with E-state index in [1.54, 1.807) is 16.8 Å². The van der Waals surface area contributed by atoms with Crippen LogP contribution in [0.15, 0.2) is 47.4 Å². The molecule has 1 atom stereocenters. The van der Waals surface area contributed by atoms with E-state index >= 15 is 0 Å². The molecule has 0 saturated carbocycles. The van der Waals surface area contributed by atoms with Gasteiger partial charge in [0, 0.05) is 56.0 Å². The van der Waals surface area contributed by atoms with E-state index in [0.717, 1.165) is 48.5 Å². The molecule has 0 amide bonds. The zero-order chi connectivity index (χ0) is 23.1. The highest BCUT2D eigenvalue weighted by molar-refractivity contribution is 5.76. The van der Waals surface area contributed by atoms with E-state index < -0.39 is 0 Å². The summed E-state index contributed by atoms with van der Waals surface area (Å²) >= 11 is 0. The van der Waals surface area contributed by atoms with Crippen LogP contribution in [0.5, 0.6) is 0 Å². The average molecular weight is 462 g/mol. The maximum Gasteiger partial charge on any atom is 0.208 e. The predicted octanol–water partition coefficient (Wildman–Crippen LogP) is 3.75. The topological polar surface area (TPSA) is 102 Å². The molecule has 2 aliphatic heterocycles. The summed E-state index contributed by atoms with van der Waals surface area (Å²) in [6.45, 7) is 2.38. The van der Waals surface area contributed by atoms with E-state index in [-0.39, 0.29) is 24.2 Å². The average Bonchev–Trinajstić information content (AvgIpc) is 3.65. The van der Waals surface area contributed by atoms with Gasteiger partial charge in [-0.2, -0.15) is 10.4 Å². The molecule has 1 N–H and O–H groups in total. The minimum Gasteiger partial charge on any atom is -0.497 e. The number of rotatable bonds is 6. The second kappa shape index (κ2) is 8.57. The highest BCUT2D eigenvalue weighted by Gasteiger charge is 2.27. The third-order valence-corrected chi connectivity index (χ3v) is 6.59. The second-order valence-electron chi connectivity index (χ2n) is 8.72. The van der Waals surface area contributed by atoms with Crippen molar-refractivity contribution in [1.29, 1.82) is 5.26 Å². The summed E-state index contributed by atoms with van der Waals surface area (Å²) in [6, 6.07) is 4.01. The Hall–Kier alpha value is -3.71. The lowest BCUT2D eigenvalue weighted by Crippen LogP contribution is -2.15. The number of halogens is 1. The van der Waals surface area contributed by atoms with Crippen molar-refractivity contribution in [3.8, 4) is 17.3 Å². The molecule has 1 unspecified atom stereocenters. The van der Waals surface area contributed by atoms with Crippen molar-refractivity contribution in [3.63, 3.8) is 0 Å². The molecule has 174 valence electrons. The van der Waals surface area contributed by atoms with Gasteiger partial charge in [-0.15, -0.1) is 0 Å². The Morgan fingerprint density at radius 2 is 2.21 bits per heavy atom. The number of nitrogens with zero attached hydrogens (tertiary/aromatic N) is 6. The molecule has 0 bridgehead atoms. The first kappa shape index (κ1) is 20.9. The standard InChI is InChI=1S/C24H24FN7O2/c25-20-3-4-22-17(6-9-34-22)18(20)11-27-24-28-12-19(23-29-15(10-26)13-32(23)24)21-5-7-31(30-21)14-16-2-1-8-33-16/h5,7,12-13,16H,1-4,6,8-9,11,14H2,(H,27,28). The van der Waals surface area contributed by atoms with Crippen molar-refractivity contribution in [2.24, 2.45) is 0 Å². The van der Waals surface area contributed by atoms with E-state index in [9.17, 15) is 9.65 Å². The lowest BCUT2D eigenvalue weighted by molar-refractivity contribution is 0.0940. The summed E-state index contributed by atoms with van der Waals surface area (Å²) in [5.41, 5.74) is 3.88. The van der Waals surface area contributed by atoms with Crippen LogP contribution in [-0.4, -0.2) is 50.0 Å². The van der Waals surface area contributed by atoms with Gasteiger partial charge in [-0.3, -0.25) is 9.08 Å². The summed E-state index contributed by atoms with van der Waals surface area (Å²) in [4.78, 5) is 9.05. The smallest absolute Gasteiger partial charge is 0.208 e. The van der Waals surface area contributed by atoms with Crippen LogP contribution < -0.4 is 5.32 Å². The third kappa shape index (κ3) is 3.72. The van der Waals surface area contributed by atoms with Crippen molar-refractivity contribution in [2.75, 3.05) is 25.1 Å². The molecule has 3 aromatic heterocycles. The SMILES string of the molecule is N#Cc1cn2c(NCC3=C(F)CCC4=C3CCO4)ncc(-c3ccn(CC4CCCO4)n3)c2n1. The van der Waals surface area contributed by atoms with Gasteiger partial charge in [0.2, 0.25) is 5.95 Å². The van der Waals surface area contributed by atoms with Gasteiger partial charge in [-0.1, -0.05) is 0 Å². The monoisotopic (exact) mass is 461 g/mol. The van der Waals surface area contributed by atoms with Gasteiger partial charge in [0.05, 0.1) is 36.7 Å². The largest absolute Gasteiger partial charge is 0.497 e. The fraction of sp³-hybridized carbons (Fsp3) is 0.417. The minimum absolute atomic E-state index is 0.107. The molecule has 3 aromatic rings. The maximum absolute atomic E-state index is 14.6. The van der Waals surface area contributed by atoms with Crippen LogP contribution in [0.3, 0.4) is 0 Å². The number of nitriles is 1. The molecule has 10 heteroatoms. The Morgan fingerprint density at radius 1 is 1.26 bits per heavy atom. The Balaban J connectivity index is 1.29. The molecule has 0 aromatic carbocycles. The predicted molar refractivity (Wildman–Crippen MR) is 121 cm³/mol. The number of nitrogens with one attached hydrogen (secondary N) is 1. The second-order valence-corrected chi connectivity index (χ2v) is 8.72. The van der Waals surface area contributed by atoms with Gasteiger partial charge in [0.1, 0.15) is 17.7 Å². The van der Waals surface area contributed by atoms with Gasteiger partial charge in [-0.25, -0.2) is 14.4 Å². The van der Waals surface area contributed by atoms with Crippen LogP contribution in [0.4, 0.5) is 10.3 Å². The Bertz CT molecular complexity index is 1360. The van der Waals surface area contributed by atoms with Gasteiger partial charge < -0.3 is 14.8 Å². The van der Waals surface area contributed by atoms with E-state index in [1.165, 1.54) is 0 Å². The normalized spacial score (nSPS) is 20.1. The van der Waals surface area contributed by atoms with Crippen LogP contribution in [0.25, 0.3) is 16.9 Å². The molecule has 3 aliphatic rings. The van der Waals surface area contributed by atoms with Gasteiger partial charge in [0.15, 0.2) is 11.3 Å². The fourth-order valence-corrected chi connectivity index (χ4v) is 4.90. The Morgan fingerprint density at radius 3 is 3.06 bits per heavy atom. The number of hydrogen-bond acceptors (Lipinski definition) is 7. The van der Waals surface area contributed by atoms with Crippen molar-refractivity contribution in [1.82, 2.24) is 24.1 Å². The Kier molecular flexibility index (Phi) is 5.26. The lowest BCUT2D eigenvalue weighted by atomic mass is 9.94. The van der Waals surface area contributed by atoms with Crippen LogP contribution in [0.1, 0.15) is 37.8 Å². The molecule has 0 radical (unpaired) electrons. The van der Waals surface area contributed by atoms with E-state index in [0.29, 0.717) is 43.2 Å². The number of anilines is 1. The highest BCUT2D eigenvalue weighted by Crippen LogP contribution is 2.37. The first-order valence-corrected chi connectivity index (χ1v) is 11.6. The molecular formula is C24H24FN7O2. The molecule has 9 nitrogen and oxygen atoms in total. The van der Waals surface area contributed by atoms with Crippen molar-refractivity contribution >= 4 is 11.6 Å². The summed E-state index contributed by atoms with van der Waals surface area (Å²) in [7, 11) is 0. The molecule has 0 spiro atoms. The van der Waals surface area contributed by atoms with E-state index in [1.807, 2.05) is 16.9 Å². The molecule has 6 rings (SSSR count). The summed E-state index contributed by atoms with van der Waals surface area (Å²) in [6.07, 6.45) is 9.24. The van der Waals surface area contributed by atoms with Crippen LogP contribution in [-0.2, 0) is 16.0 Å². The number of imidazole rings is 1. The van der Waals surface area contributed by atoms with Gasteiger partial charge in [0.25, 0.3) is 0 Å². The number of ether oxygens (including phenoxy) is 2. The number of allylic oxidation sites excluding steroid dienone is 2. The third-order valence-electron chi connectivity index (χ3n) is 6.59. The van der Waals surface area contributed by atoms with Gasteiger partial charge in [-0.05, 0) is 18.9 Å². The molecule has 1 aliphatic carbocycles. The van der Waals surface area contributed by atoms with Crippen LogP contribution in [0, 0.1) is 11.3 Å². The zero-order valence-corrected chi connectivity index (χ0v) is 18.6. The summed E-state index contributed by atoms with van der Waals surface area (Å²) in [5, 5.41) is 17.4. The van der Waals surface area contributed by atoms with Crippen molar-refractivity contribution < 1.29 is 13.9 Å². The first-order valence-electron chi connectivity index (χ1n) is 11.6. The molecular weight excluding hydrogens is 437 g/mol. The number of hydrogen-bond donors (Lipinski definition) is 1. The minimum atomic E-state index is -0.107. The van der Waals surface area contributed by atoms with Crippen molar-refractivity contribution in [3.05, 3.63) is 53.1 Å². The highest BCUT2D eigenvalue weighted by atomic mass is 19.1. The first-order chi connectivity index (χ1) is 16.7. The lowest BCUT2D eigenvalue weighted by Gasteiger charge is -2.18. The molecule has 34 heavy (non-hydrogen) atoms. The van der Waals surface area contributed by atoms with Gasteiger partial charge >= 0.3 is 0 Å². The quantitative estimate of drug-likeness (QED) is 0.596. The van der Waals surface area contributed by atoms with Crippen LogP contribution in [0.2, 0.25) is 0 Å². The maximum atomic E-state index is 14.6. The summed E-state index contributed by atoms with van der Waals surface area (Å²) in [5.74, 6) is 1.28. The molecule has 5 heterocycles. The van der Waals surface area contributed by atoms with E-state index in [4.69, 9.17) is 9.47 Å². The fourth-order valence-electron chi connectivity index (χ4n) is 4.90. The Labute approximate surface area is 195 Å². The van der Waals surface area contributed by atoms with Crippen molar-refractivity contribution in [2.45, 2.75) is 44.8 Å². The molecule has 1 fully saturated rings.